The van der Waals surface area contributed by atoms with Gasteiger partial charge in [0.05, 0.1) is 7.11 Å². The van der Waals surface area contributed by atoms with Crippen molar-refractivity contribution < 1.29 is 9.84 Å². The van der Waals surface area contributed by atoms with Crippen LogP contribution in [-0.2, 0) is 0 Å². The van der Waals surface area contributed by atoms with Crippen LogP contribution in [0, 0.1) is 0 Å². The number of benzene rings is 1. The third-order valence-electron chi connectivity index (χ3n) is 2.78. The highest BCUT2D eigenvalue weighted by Crippen LogP contribution is 2.33. The van der Waals surface area contributed by atoms with E-state index in [1.807, 2.05) is 32.2 Å². The summed E-state index contributed by atoms with van der Waals surface area (Å²) in [6.07, 6.45) is 0.742. The first kappa shape index (κ1) is 13.8. The second-order valence-electron chi connectivity index (χ2n) is 4.18. The first-order valence-corrected chi connectivity index (χ1v) is 5.86. The highest BCUT2D eigenvalue weighted by atomic mass is 16.5. The van der Waals surface area contributed by atoms with Crippen molar-refractivity contribution in [1.82, 2.24) is 0 Å². The molecule has 4 heteroatoms. The third-order valence-corrected chi connectivity index (χ3v) is 2.78. The zero-order valence-corrected chi connectivity index (χ0v) is 10.8. The number of anilines is 1. The van der Waals surface area contributed by atoms with E-state index in [-0.39, 0.29) is 12.6 Å². The van der Waals surface area contributed by atoms with E-state index in [1.165, 1.54) is 0 Å². The summed E-state index contributed by atoms with van der Waals surface area (Å²) in [6, 6.07) is 5.81. The number of aliphatic hydroxyl groups excluding tert-OH is 1. The molecule has 0 amide bonds. The number of nitrogens with zero attached hydrogens (tertiary/aromatic N) is 1. The number of hydrogen-bond donors (Lipinski definition) is 2. The van der Waals surface area contributed by atoms with Crippen LogP contribution in [0.15, 0.2) is 18.2 Å². The van der Waals surface area contributed by atoms with Crippen molar-refractivity contribution in [3.63, 3.8) is 0 Å². The van der Waals surface area contributed by atoms with Gasteiger partial charge in [-0.3, -0.25) is 0 Å². The summed E-state index contributed by atoms with van der Waals surface area (Å²) in [4.78, 5) is 2.09. The molecule has 0 saturated heterocycles. The molecule has 0 aliphatic rings. The Morgan fingerprint density at radius 3 is 2.71 bits per heavy atom. The van der Waals surface area contributed by atoms with E-state index >= 15 is 0 Å². The van der Waals surface area contributed by atoms with E-state index in [1.54, 1.807) is 7.11 Å². The van der Waals surface area contributed by atoms with Gasteiger partial charge in [0.2, 0.25) is 0 Å². The maximum Gasteiger partial charge on any atom is 0.125 e. The van der Waals surface area contributed by atoms with Crippen LogP contribution in [0.4, 0.5) is 5.69 Å². The Balaban J connectivity index is 3.05. The van der Waals surface area contributed by atoms with Crippen molar-refractivity contribution >= 4 is 5.69 Å². The summed E-state index contributed by atoms with van der Waals surface area (Å²) in [7, 11) is 3.65. The van der Waals surface area contributed by atoms with Gasteiger partial charge in [0, 0.05) is 37.5 Å². The lowest BCUT2D eigenvalue weighted by molar-refractivity contribution is 0.290. The normalized spacial score (nSPS) is 12.3. The first-order valence-electron chi connectivity index (χ1n) is 5.86. The summed E-state index contributed by atoms with van der Waals surface area (Å²) in [5.41, 5.74) is 8.07. The Bertz CT molecular complexity index is 353. The summed E-state index contributed by atoms with van der Waals surface area (Å²) in [5, 5.41) is 8.87. The third kappa shape index (κ3) is 3.35. The van der Waals surface area contributed by atoms with E-state index in [4.69, 9.17) is 15.6 Å². The van der Waals surface area contributed by atoms with Crippen LogP contribution >= 0.6 is 0 Å². The predicted molar refractivity (Wildman–Crippen MR) is 70.6 cm³/mol. The van der Waals surface area contributed by atoms with Crippen LogP contribution in [0.3, 0.4) is 0 Å². The molecule has 17 heavy (non-hydrogen) atoms. The minimum absolute atomic E-state index is 0.0854. The van der Waals surface area contributed by atoms with Crippen LogP contribution in [0.1, 0.15) is 24.9 Å². The van der Waals surface area contributed by atoms with Crippen molar-refractivity contribution in [2.24, 2.45) is 5.73 Å². The molecule has 0 unspecified atom stereocenters. The molecule has 0 spiro atoms. The first-order chi connectivity index (χ1) is 8.11. The molecule has 1 aromatic carbocycles. The van der Waals surface area contributed by atoms with Gasteiger partial charge in [0.1, 0.15) is 5.75 Å². The zero-order chi connectivity index (χ0) is 12.8. The van der Waals surface area contributed by atoms with E-state index in [0.29, 0.717) is 0 Å². The van der Waals surface area contributed by atoms with Gasteiger partial charge in [-0.2, -0.15) is 0 Å². The molecular formula is C13H22N2O2. The molecule has 0 radical (unpaired) electrons. The van der Waals surface area contributed by atoms with E-state index in [9.17, 15) is 0 Å². The highest BCUT2D eigenvalue weighted by Gasteiger charge is 2.15. The molecule has 4 nitrogen and oxygen atoms in total. The molecule has 0 aliphatic heterocycles. The van der Waals surface area contributed by atoms with Gasteiger partial charge in [0.15, 0.2) is 0 Å². The maximum absolute atomic E-state index is 8.87. The summed E-state index contributed by atoms with van der Waals surface area (Å²) in [5.74, 6) is 0.813. The quantitative estimate of drug-likeness (QED) is 0.789. The Morgan fingerprint density at radius 1 is 1.47 bits per heavy atom. The lowest BCUT2D eigenvalue weighted by Gasteiger charge is -2.25. The van der Waals surface area contributed by atoms with Crippen LogP contribution in [-0.4, -0.2) is 32.4 Å². The number of ether oxygens (including phenoxy) is 1. The van der Waals surface area contributed by atoms with E-state index < -0.39 is 0 Å². The van der Waals surface area contributed by atoms with E-state index in [2.05, 4.69) is 4.90 Å². The summed E-state index contributed by atoms with van der Waals surface area (Å²) in [6.45, 7) is 2.94. The number of methoxy groups -OCH3 is 1. The SMILES string of the molecule is COc1cccc(N(C)CCCO)c1[C@@H](C)N. The number of aliphatic hydroxyl groups is 1. The summed E-state index contributed by atoms with van der Waals surface area (Å²) >= 11 is 0. The molecule has 0 saturated carbocycles. The summed E-state index contributed by atoms with van der Waals surface area (Å²) < 4.78 is 5.35. The second-order valence-corrected chi connectivity index (χ2v) is 4.18. The molecule has 0 fully saturated rings. The fourth-order valence-electron chi connectivity index (χ4n) is 1.93. The van der Waals surface area contributed by atoms with Gasteiger partial charge in [-0.05, 0) is 25.5 Å². The lowest BCUT2D eigenvalue weighted by atomic mass is 10.0. The molecule has 1 atom stereocenters. The Kier molecular flexibility index (Phi) is 5.25. The lowest BCUT2D eigenvalue weighted by Crippen LogP contribution is -2.22. The van der Waals surface area contributed by atoms with Crippen molar-refractivity contribution in [2.45, 2.75) is 19.4 Å². The average Bonchev–Trinajstić information content (AvgIpc) is 2.34. The van der Waals surface area contributed by atoms with Gasteiger partial charge in [0.25, 0.3) is 0 Å². The topological polar surface area (TPSA) is 58.7 Å². The highest BCUT2D eigenvalue weighted by molar-refractivity contribution is 5.60. The Hall–Kier alpha value is -1.26. The Labute approximate surface area is 103 Å². The van der Waals surface area contributed by atoms with Crippen LogP contribution in [0.25, 0.3) is 0 Å². The van der Waals surface area contributed by atoms with Crippen LogP contribution in [0.5, 0.6) is 5.75 Å². The van der Waals surface area contributed by atoms with Gasteiger partial charge in [-0.1, -0.05) is 6.07 Å². The largest absolute Gasteiger partial charge is 0.496 e. The predicted octanol–water partition coefficient (Wildman–Crippen LogP) is 1.53. The molecule has 1 aromatic rings. The molecular weight excluding hydrogens is 216 g/mol. The standard InChI is InChI=1S/C13H22N2O2/c1-10(14)13-11(15(2)8-5-9-16)6-4-7-12(13)17-3/h4,6-7,10,16H,5,8-9,14H2,1-3H3/t10-/m1/s1. The molecule has 0 aromatic heterocycles. The molecule has 1 rings (SSSR count). The van der Waals surface area contributed by atoms with Crippen molar-refractivity contribution in [3.05, 3.63) is 23.8 Å². The molecule has 96 valence electrons. The number of hydrogen-bond acceptors (Lipinski definition) is 4. The molecule has 0 heterocycles. The second kappa shape index (κ2) is 6.47. The van der Waals surface area contributed by atoms with E-state index in [0.717, 1.165) is 30.0 Å². The van der Waals surface area contributed by atoms with Gasteiger partial charge in [-0.15, -0.1) is 0 Å². The van der Waals surface area contributed by atoms with Gasteiger partial charge < -0.3 is 20.5 Å². The minimum Gasteiger partial charge on any atom is -0.496 e. The van der Waals surface area contributed by atoms with Crippen LogP contribution < -0.4 is 15.4 Å². The smallest absolute Gasteiger partial charge is 0.125 e. The zero-order valence-electron chi connectivity index (χ0n) is 10.8. The molecule has 3 N–H and O–H groups in total. The number of nitrogens with two attached hydrogens (primary N) is 1. The fraction of sp³-hybridized carbons (Fsp3) is 0.538. The maximum atomic E-state index is 8.87. The van der Waals surface area contributed by atoms with Gasteiger partial charge >= 0.3 is 0 Å². The monoisotopic (exact) mass is 238 g/mol. The number of rotatable bonds is 6. The fourth-order valence-corrected chi connectivity index (χ4v) is 1.93. The van der Waals surface area contributed by atoms with Crippen molar-refractivity contribution in [3.8, 4) is 5.75 Å². The van der Waals surface area contributed by atoms with Crippen LogP contribution in [0.2, 0.25) is 0 Å². The Morgan fingerprint density at radius 2 is 2.18 bits per heavy atom. The van der Waals surface area contributed by atoms with Crippen molar-refractivity contribution in [2.75, 3.05) is 32.2 Å². The average molecular weight is 238 g/mol. The van der Waals surface area contributed by atoms with Gasteiger partial charge in [-0.25, -0.2) is 0 Å². The molecule has 0 bridgehead atoms. The van der Waals surface area contributed by atoms with Crippen molar-refractivity contribution in [1.29, 1.82) is 0 Å². The molecule has 0 aliphatic carbocycles. The minimum atomic E-state index is -0.0854.